The standard InChI is InChI=1S/C20H22F3NO2.ClH/c1-14-4-2-3-5-17(14)16-6-7-18(26-20(21,22)23)19(12-16)25-13-15-8-10-24-11-9-15;/h2-7,12,15,24H,8-11,13H2,1H3;1H. The number of halogens is 4. The summed E-state index contributed by atoms with van der Waals surface area (Å²) >= 11 is 0. The van der Waals surface area contributed by atoms with Gasteiger partial charge in [0, 0.05) is 0 Å². The lowest BCUT2D eigenvalue weighted by atomic mass is 9.99. The van der Waals surface area contributed by atoms with Gasteiger partial charge in [-0.15, -0.1) is 25.6 Å². The molecule has 0 unspecified atom stereocenters. The van der Waals surface area contributed by atoms with E-state index in [1.54, 1.807) is 12.1 Å². The number of benzene rings is 2. The Morgan fingerprint density at radius 1 is 1.04 bits per heavy atom. The van der Waals surface area contributed by atoms with Crippen molar-refractivity contribution in [1.29, 1.82) is 0 Å². The molecule has 2 aromatic rings. The molecule has 2 aromatic carbocycles. The third-order valence-corrected chi connectivity index (χ3v) is 4.56. The van der Waals surface area contributed by atoms with E-state index in [1.807, 2.05) is 31.2 Å². The van der Waals surface area contributed by atoms with Gasteiger partial charge in [0.25, 0.3) is 0 Å². The van der Waals surface area contributed by atoms with Crippen molar-refractivity contribution in [2.45, 2.75) is 26.1 Å². The highest BCUT2D eigenvalue weighted by Gasteiger charge is 2.32. The van der Waals surface area contributed by atoms with E-state index in [0.717, 1.165) is 42.6 Å². The Kier molecular flexibility index (Phi) is 7.39. The zero-order chi connectivity index (χ0) is 18.6. The minimum atomic E-state index is -4.75. The quantitative estimate of drug-likeness (QED) is 0.731. The van der Waals surface area contributed by atoms with Crippen LogP contribution >= 0.6 is 12.4 Å². The van der Waals surface area contributed by atoms with Crippen LogP contribution in [0.3, 0.4) is 0 Å². The highest BCUT2D eigenvalue weighted by atomic mass is 35.5. The number of hydrogen-bond donors (Lipinski definition) is 1. The van der Waals surface area contributed by atoms with Gasteiger partial charge in [0.05, 0.1) is 6.61 Å². The number of nitrogens with one attached hydrogen (secondary N) is 1. The van der Waals surface area contributed by atoms with Crippen LogP contribution in [0.15, 0.2) is 42.5 Å². The van der Waals surface area contributed by atoms with Crippen LogP contribution < -0.4 is 14.8 Å². The molecule has 1 N–H and O–H groups in total. The molecule has 0 amide bonds. The number of piperidine rings is 1. The number of hydrogen-bond acceptors (Lipinski definition) is 3. The molecular formula is C20H23ClF3NO2. The third-order valence-electron chi connectivity index (χ3n) is 4.56. The maximum Gasteiger partial charge on any atom is 0.573 e. The molecule has 0 bridgehead atoms. The van der Waals surface area contributed by atoms with Crippen LogP contribution in [-0.2, 0) is 0 Å². The second-order valence-electron chi connectivity index (χ2n) is 6.53. The zero-order valence-electron chi connectivity index (χ0n) is 15.0. The van der Waals surface area contributed by atoms with Crippen LogP contribution in [-0.4, -0.2) is 26.1 Å². The Morgan fingerprint density at radius 3 is 2.41 bits per heavy atom. The molecule has 27 heavy (non-hydrogen) atoms. The normalized spacial score (nSPS) is 15.1. The largest absolute Gasteiger partial charge is 0.573 e. The fourth-order valence-corrected chi connectivity index (χ4v) is 3.15. The third kappa shape index (κ3) is 6.04. The van der Waals surface area contributed by atoms with Gasteiger partial charge in [-0.3, -0.25) is 0 Å². The van der Waals surface area contributed by atoms with Crippen LogP contribution in [0, 0.1) is 12.8 Å². The van der Waals surface area contributed by atoms with Gasteiger partial charge in [-0.2, -0.15) is 0 Å². The predicted molar refractivity (Wildman–Crippen MR) is 102 cm³/mol. The zero-order valence-corrected chi connectivity index (χ0v) is 15.8. The average Bonchev–Trinajstić information content (AvgIpc) is 2.61. The molecule has 1 aliphatic rings. The molecule has 1 saturated heterocycles. The summed E-state index contributed by atoms with van der Waals surface area (Å²) in [6.45, 7) is 4.16. The van der Waals surface area contributed by atoms with E-state index in [1.165, 1.54) is 6.07 Å². The molecule has 148 valence electrons. The summed E-state index contributed by atoms with van der Waals surface area (Å²) in [7, 11) is 0. The van der Waals surface area contributed by atoms with Crippen molar-refractivity contribution in [3.05, 3.63) is 48.0 Å². The fourth-order valence-electron chi connectivity index (χ4n) is 3.15. The molecule has 1 aliphatic heterocycles. The maximum atomic E-state index is 12.7. The number of rotatable bonds is 5. The highest BCUT2D eigenvalue weighted by Crippen LogP contribution is 2.37. The molecule has 0 radical (unpaired) electrons. The number of alkyl halides is 3. The Labute approximate surface area is 163 Å². The van der Waals surface area contributed by atoms with Gasteiger partial charge < -0.3 is 14.8 Å². The second kappa shape index (κ2) is 9.33. The van der Waals surface area contributed by atoms with E-state index in [0.29, 0.717) is 12.5 Å². The van der Waals surface area contributed by atoms with Crippen LogP contribution in [0.1, 0.15) is 18.4 Å². The van der Waals surface area contributed by atoms with E-state index < -0.39 is 6.36 Å². The topological polar surface area (TPSA) is 30.5 Å². The van der Waals surface area contributed by atoms with Gasteiger partial charge >= 0.3 is 6.36 Å². The van der Waals surface area contributed by atoms with E-state index >= 15 is 0 Å². The first-order chi connectivity index (χ1) is 12.4. The first-order valence-corrected chi connectivity index (χ1v) is 8.72. The van der Waals surface area contributed by atoms with Crippen molar-refractivity contribution in [3.63, 3.8) is 0 Å². The van der Waals surface area contributed by atoms with Crippen LogP contribution in [0.2, 0.25) is 0 Å². The lowest BCUT2D eigenvalue weighted by Crippen LogP contribution is -2.30. The molecule has 1 heterocycles. The van der Waals surface area contributed by atoms with Gasteiger partial charge in [0.2, 0.25) is 0 Å². The number of ether oxygens (including phenoxy) is 2. The van der Waals surface area contributed by atoms with Crippen LogP contribution in [0.4, 0.5) is 13.2 Å². The molecule has 0 aromatic heterocycles. The Bertz CT molecular complexity index is 746. The first-order valence-electron chi connectivity index (χ1n) is 8.72. The molecular weight excluding hydrogens is 379 g/mol. The minimum absolute atomic E-state index is 0. The first kappa shape index (κ1) is 21.4. The molecule has 3 rings (SSSR count). The second-order valence-corrected chi connectivity index (χ2v) is 6.53. The summed E-state index contributed by atoms with van der Waals surface area (Å²) < 4.78 is 48.1. The van der Waals surface area contributed by atoms with E-state index in [2.05, 4.69) is 10.1 Å². The monoisotopic (exact) mass is 401 g/mol. The van der Waals surface area contributed by atoms with E-state index in [-0.39, 0.29) is 23.9 Å². The van der Waals surface area contributed by atoms with Crippen molar-refractivity contribution in [2.75, 3.05) is 19.7 Å². The SMILES string of the molecule is Cc1ccccc1-c1ccc(OC(F)(F)F)c(OCC2CCNCC2)c1.Cl. The van der Waals surface area contributed by atoms with Gasteiger partial charge in [0.15, 0.2) is 11.5 Å². The minimum Gasteiger partial charge on any atom is -0.489 e. The van der Waals surface area contributed by atoms with Crippen molar-refractivity contribution in [1.82, 2.24) is 5.32 Å². The Balaban J connectivity index is 0.00000261. The summed E-state index contributed by atoms with van der Waals surface area (Å²) in [4.78, 5) is 0. The summed E-state index contributed by atoms with van der Waals surface area (Å²) in [5.74, 6) is 0.155. The van der Waals surface area contributed by atoms with Crippen molar-refractivity contribution in [2.24, 2.45) is 5.92 Å². The maximum absolute atomic E-state index is 12.7. The van der Waals surface area contributed by atoms with Gasteiger partial charge in [0.1, 0.15) is 0 Å². The summed E-state index contributed by atoms with van der Waals surface area (Å²) in [6.07, 6.45) is -2.85. The van der Waals surface area contributed by atoms with Gasteiger partial charge in [-0.1, -0.05) is 30.3 Å². The Morgan fingerprint density at radius 2 is 1.74 bits per heavy atom. The molecule has 0 aliphatic carbocycles. The summed E-state index contributed by atoms with van der Waals surface area (Å²) in [5.41, 5.74) is 2.80. The van der Waals surface area contributed by atoms with Gasteiger partial charge in [-0.25, -0.2) is 0 Å². The summed E-state index contributed by atoms with van der Waals surface area (Å²) in [6, 6.07) is 12.3. The molecule has 3 nitrogen and oxygen atoms in total. The molecule has 0 spiro atoms. The highest BCUT2D eigenvalue weighted by molar-refractivity contribution is 5.85. The lowest BCUT2D eigenvalue weighted by Gasteiger charge is -2.23. The van der Waals surface area contributed by atoms with Crippen molar-refractivity contribution in [3.8, 4) is 22.6 Å². The van der Waals surface area contributed by atoms with Gasteiger partial charge in [-0.05, 0) is 67.6 Å². The van der Waals surface area contributed by atoms with Crippen LogP contribution in [0.25, 0.3) is 11.1 Å². The molecule has 0 atom stereocenters. The fraction of sp³-hybridized carbons (Fsp3) is 0.400. The van der Waals surface area contributed by atoms with Crippen LogP contribution in [0.5, 0.6) is 11.5 Å². The Hall–Kier alpha value is -1.92. The van der Waals surface area contributed by atoms with Crippen molar-refractivity contribution < 1.29 is 22.6 Å². The smallest absolute Gasteiger partial charge is 0.489 e. The van der Waals surface area contributed by atoms with Crippen molar-refractivity contribution >= 4 is 12.4 Å². The molecule has 7 heteroatoms. The van der Waals surface area contributed by atoms with E-state index in [9.17, 15) is 13.2 Å². The summed E-state index contributed by atoms with van der Waals surface area (Å²) in [5, 5.41) is 3.26. The number of aryl methyl sites for hydroxylation is 1. The van der Waals surface area contributed by atoms with E-state index in [4.69, 9.17) is 4.74 Å². The molecule has 1 fully saturated rings. The lowest BCUT2D eigenvalue weighted by molar-refractivity contribution is -0.275. The average molecular weight is 402 g/mol. The molecule has 0 saturated carbocycles. The predicted octanol–water partition coefficient (Wildman–Crippen LogP) is 5.36.